The first-order valence-corrected chi connectivity index (χ1v) is 5.53. The van der Waals surface area contributed by atoms with Gasteiger partial charge in [-0.05, 0) is 6.07 Å². The lowest BCUT2D eigenvalue weighted by atomic mass is 10.1. The molecule has 0 aliphatic rings. The first-order chi connectivity index (χ1) is 8.97. The highest BCUT2D eigenvalue weighted by molar-refractivity contribution is 5.98. The Labute approximate surface area is 109 Å². The maximum Gasteiger partial charge on any atom is 0.307 e. The Morgan fingerprint density at radius 3 is 2.58 bits per heavy atom. The monoisotopic (exact) mass is 266 g/mol. The summed E-state index contributed by atoms with van der Waals surface area (Å²) in [6.45, 7) is 0.136. The molecule has 0 atom stereocenters. The van der Waals surface area contributed by atoms with Crippen molar-refractivity contribution in [3.05, 3.63) is 39.9 Å². The second-order valence-electron chi connectivity index (χ2n) is 3.83. The standard InChI is InChI=1S/C12H14N2O5/c1-13(8-7-11(15)19-2)12(16)9-5-3-4-6-10(9)14(17)18/h3-6H,7-8H2,1-2H3. The summed E-state index contributed by atoms with van der Waals surface area (Å²) < 4.78 is 4.46. The van der Waals surface area contributed by atoms with Crippen LogP contribution in [0.5, 0.6) is 0 Å². The fourth-order valence-corrected chi connectivity index (χ4v) is 1.48. The Morgan fingerprint density at radius 1 is 1.37 bits per heavy atom. The van der Waals surface area contributed by atoms with Crippen LogP contribution in [0.25, 0.3) is 0 Å². The van der Waals surface area contributed by atoms with Crippen molar-refractivity contribution >= 4 is 17.6 Å². The van der Waals surface area contributed by atoms with Gasteiger partial charge in [0.05, 0.1) is 18.5 Å². The molecule has 1 aromatic carbocycles. The topological polar surface area (TPSA) is 89.8 Å². The average molecular weight is 266 g/mol. The highest BCUT2D eigenvalue weighted by Crippen LogP contribution is 2.19. The Kier molecular flexibility index (Phi) is 4.99. The molecule has 1 aromatic rings. The highest BCUT2D eigenvalue weighted by Gasteiger charge is 2.22. The number of methoxy groups -OCH3 is 1. The molecular formula is C12H14N2O5. The zero-order chi connectivity index (χ0) is 14.4. The number of ether oxygens (including phenoxy) is 1. The number of nitro groups is 1. The zero-order valence-electron chi connectivity index (χ0n) is 10.7. The second kappa shape index (κ2) is 6.48. The van der Waals surface area contributed by atoms with Crippen LogP contribution in [-0.2, 0) is 9.53 Å². The maximum atomic E-state index is 12.0. The first-order valence-electron chi connectivity index (χ1n) is 5.53. The summed E-state index contributed by atoms with van der Waals surface area (Å²) >= 11 is 0. The molecule has 7 nitrogen and oxygen atoms in total. The fourth-order valence-electron chi connectivity index (χ4n) is 1.48. The lowest BCUT2D eigenvalue weighted by Crippen LogP contribution is -2.29. The molecule has 7 heteroatoms. The molecule has 1 rings (SSSR count). The van der Waals surface area contributed by atoms with Crippen LogP contribution in [0.1, 0.15) is 16.8 Å². The molecule has 1 amide bonds. The van der Waals surface area contributed by atoms with E-state index in [0.29, 0.717) is 0 Å². The van der Waals surface area contributed by atoms with E-state index in [1.165, 1.54) is 37.3 Å². The molecule has 0 spiro atoms. The van der Waals surface area contributed by atoms with Crippen LogP contribution in [0.15, 0.2) is 24.3 Å². The predicted molar refractivity (Wildman–Crippen MR) is 66.7 cm³/mol. The van der Waals surface area contributed by atoms with Gasteiger partial charge in [0, 0.05) is 19.7 Å². The number of hydrogen-bond donors (Lipinski definition) is 0. The number of carbonyl (C=O) groups excluding carboxylic acids is 2. The van der Waals surface area contributed by atoms with E-state index in [9.17, 15) is 19.7 Å². The van der Waals surface area contributed by atoms with Gasteiger partial charge in [0.25, 0.3) is 11.6 Å². The number of esters is 1. The van der Waals surface area contributed by atoms with Gasteiger partial charge in [-0.2, -0.15) is 0 Å². The first kappa shape index (κ1) is 14.6. The Balaban J connectivity index is 2.82. The van der Waals surface area contributed by atoms with Crippen molar-refractivity contribution in [2.24, 2.45) is 0 Å². The quantitative estimate of drug-likeness (QED) is 0.454. The molecule has 0 bridgehead atoms. The minimum atomic E-state index is -0.610. The van der Waals surface area contributed by atoms with Gasteiger partial charge in [-0.15, -0.1) is 0 Å². The van der Waals surface area contributed by atoms with Crippen LogP contribution in [-0.4, -0.2) is 42.4 Å². The summed E-state index contributed by atoms with van der Waals surface area (Å²) in [5.41, 5.74) is -0.253. The lowest BCUT2D eigenvalue weighted by molar-refractivity contribution is -0.385. The van der Waals surface area contributed by atoms with Crippen molar-refractivity contribution in [2.75, 3.05) is 20.7 Å². The zero-order valence-corrected chi connectivity index (χ0v) is 10.7. The van der Waals surface area contributed by atoms with E-state index in [1.807, 2.05) is 0 Å². The Hall–Kier alpha value is -2.44. The predicted octanol–water partition coefficient (Wildman–Crippen LogP) is 1.23. The number of hydrogen-bond acceptors (Lipinski definition) is 5. The van der Waals surface area contributed by atoms with Crippen molar-refractivity contribution in [1.82, 2.24) is 4.90 Å². The van der Waals surface area contributed by atoms with E-state index in [1.54, 1.807) is 6.07 Å². The summed E-state index contributed by atoms with van der Waals surface area (Å²) in [5, 5.41) is 10.8. The van der Waals surface area contributed by atoms with E-state index >= 15 is 0 Å². The van der Waals surface area contributed by atoms with Crippen LogP contribution in [0.4, 0.5) is 5.69 Å². The third kappa shape index (κ3) is 3.77. The number of benzene rings is 1. The summed E-state index contributed by atoms with van der Waals surface area (Å²) in [5.74, 6) is -0.946. The van der Waals surface area contributed by atoms with Crippen molar-refractivity contribution in [3.63, 3.8) is 0 Å². The van der Waals surface area contributed by atoms with Crippen LogP contribution in [0.3, 0.4) is 0 Å². The Morgan fingerprint density at radius 2 is 2.00 bits per heavy atom. The maximum absolute atomic E-state index is 12.0. The normalized spacial score (nSPS) is 9.79. The van der Waals surface area contributed by atoms with E-state index < -0.39 is 16.8 Å². The summed E-state index contributed by atoms with van der Waals surface area (Å²) in [6, 6.07) is 5.69. The molecule has 102 valence electrons. The van der Waals surface area contributed by atoms with Crippen LogP contribution in [0, 0.1) is 10.1 Å². The van der Waals surface area contributed by atoms with Gasteiger partial charge in [-0.25, -0.2) is 0 Å². The number of rotatable bonds is 5. The van der Waals surface area contributed by atoms with Crippen LogP contribution in [0.2, 0.25) is 0 Å². The van der Waals surface area contributed by atoms with E-state index in [4.69, 9.17) is 0 Å². The molecule has 0 saturated heterocycles. The molecule has 0 saturated carbocycles. The minimum Gasteiger partial charge on any atom is -0.469 e. The molecule has 0 N–H and O–H groups in total. The van der Waals surface area contributed by atoms with Crippen molar-refractivity contribution in [3.8, 4) is 0 Å². The number of carbonyl (C=O) groups is 2. The van der Waals surface area contributed by atoms with E-state index in [0.717, 1.165) is 0 Å². The molecule has 0 aliphatic carbocycles. The van der Waals surface area contributed by atoms with Crippen molar-refractivity contribution < 1.29 is 19.2 Å². The van der Waals surface area contributed by atoms with Gasteiger partial charge in [-0.3, -0.25) is 19.7 Å². The van der Waals surface area contributed by atoms with Gasteiger partial charge in [0.15, 0.2) is 0 Å². The number of nitro benzene ring substituents is 1. The summed E-state index contributed by atoms with van der Waals surface area (Å²) in [7, 11) is 2.73. The van der Waals surface area contributed by atoms with Crippen molar-refractivity contribution in [2.45, 2.75) is 6.42 Å². The van der Waals surface area contributed by atoms with E-state index in [-0.39, 0.29) is 24.2 Å². The molecular weight excluding hydrogens is 252 g/mol. The third-order valence-electron chi connectivity index (χ3n) is 2.56. The molecule has 0 unspecified atom stereocenters. The van der Waals surface area contributed by atoms with Gasteiger partial charge >= 0.3 is 5.97 Å². The van der Waals surface area contributed by atoms with E-state index in [2.05, 4.69) is 4.74 Å². The molecule has 0 radical (unpaired) electrons. The lowest BCUT2D eigenvalue weighted by Gasteiger charge is -2.16. The smallest absolute Gasteiger partial charge is 0.307 e. The number of amides is 1. The van der Waals surface area contributed by atoms with Crippen LogP contribution >= 0.6 is 0 Å². The second-order valence-corrected chi connectivity index (χ2v) is 3.83. The molecule has 0 heterocycles. The SMILES string of the molecule is COC(=O)CCN(C)C(=O)c1ccccc1[N+](=O)[O-]. The van der Waals surface area contributed by atoms with Gasteiger partial charge < -0.3 is 9.64 Å². The highest BCUT2D eigenvalue weighted by atomic mass is 16.6. The van der Waals surface area contributed by atoms with Gasteiger partial charge in [0.2, 0.25) is 0 Å². The molecule has 0 fully saturated rings. The average Bonchev–Trinajstić information content (AvgIpc) is 2.43. The van der Waals surface area contributed by atoms with Gasteiger partial charge in [-0.1, -0.05) is 12.1 Å². The summed E-state index contributed by atoms with van der Waals surface area (Å²) in [6.07, 6.45) is 0.0410. The fraction of sp³-hybridized carbons (Fsp3) is 0.333. The number of nitrogens with zero attached hydrogens (tertiary/aromatic N) is 2. The Bertz CT molecular complexity index is 501. The molecule has 0 aromatic heterocycles. The van der Waals surface area contributed by atoms with Crippen LogP contribution < -0.4 is 0 Å². The molecule has 0 aliphatic heterocycles. The van der Waals surface area contributed by atoms with Gasteiger partial charge in [0.1, 0.15) is 5.56 Å². The third-order valence-corrected chi connectivity index (χ3v) is 2.56. The summed E-state index contributed by atoms with van der Waals surface area (Å²) in [4.78, 5) is 34.5. The van der Waals surface area contributed by atoms with Crippen molar-refractivity contribution in [1.29, 1.82) is 0 Å². The molecule has 19 heavy (non-hydrogen) atoms. The largest absolute Gasteiger partial charge is 0.469 e. The minimum absolute atomic E-state index is 0.000124. The number of para-hydroxylation sites is 1.